The Labute approximate surface area is 109 Å². The van der Waals surface area contributed by atoms with E-state index in [0.717, 1.165) is 11.7 Å². The van der Waals surface area contributed by atoms with Crippen LogP contribution in [0, 0.1) is 0 Å². The van der Waals surface area contributed by atoms with E-state index in [1.165, 1.54) is 5.56 Å². The maximum absolute atomic E-state index is 5.56. The fraction of sp³-hybridized carbons (Fsp3) is 0.417. The molecule has 0 saturated carbocycles. The predicted octanol–water partition coefficient (Wildman–Crippen LogP) is 3.21. The van der Waals surface area contributed by atoms with Crippen molar-refractivity contribution in [3.05, 3.63) is 35.4 Å². The molecule has 0 spiro atoms. The summed E-state index contributed by atoms with van der Waals surface area (Å²) in [5, 5.41) is 0. The van der Waals surface area contributed by atoms with E-state index < -0.39 is 8.38 Å². The number of hydrogen-bond donors (Lipinski definition) is 1. The Balaban J connectivity index is 2.62. The minimum Gasteiger partial charge on any atom is -0.389 e. The van der Waals surface area contributed by atoms with Gasteiger partial charge in [-0.05, 0) is 19.4 Å². The van der Waals surface area contributed by atoms with Crippen molar-refractivity contribution in [1.29, 1.82) is 0 Å². The summed E-state index contributed by atoms with van der Waals surface area (Å²) >= 11 is 4.91. The lowest BCUT2D eigenvalue weighted by atomic mass is 10.1. The SMILES string of the molecule is CCOP(Cc1ccc(C(N)=S)cc1)OCC. The van der Waals surface area contributed by atoms with Gasteiger partial charge in [0.2, 0.25) is 0 Å². The van der Waals surface area contributed by atoms with E-state index in [4.69, 9.17) is 27.0 Å². The minimum absolute atomic E-state index is 0.424. The molecule has 1 aromatic carbocycles. The standard InChI is InChI=1S/C12H18NO2PS/c1-3-14-16(15-4-2)9-10-5-7-11(8-6-10)12(13)17/h5-8H,3-4,9H2,1-2H3,(H2,13,17). The molecule has 94 valence electrons. The maximum atomic E-state index is 5.56. The molecule has 0 aliphatic rings. The van der Waals surface area contributed by atoms with Crippen LogP contribution in [0.3, 0.4) is 0 Å². The molecule has 1 aromatic rings. The van der Waals surface area contributed by atoms with E-state index in [2.05, 4.69) is 0 Å². The van der Waals surface area contributed by atoms with Gasteiger partial charge >= 0.3 is 0 Å². The van der Waals surface area contributed by atoms with Crippen LogP contribution >= 0.6 is 20.6 Å². The van der Waals surface area contributed by atoms with E-state index in [1.54, 1.807) is 0 Å². The van der Waals surface area contributed by atoms with E-state index in [1.807, 2.05) is 38.1 Å². The van der Waals surface area contributed by atoms with Crippen molar-refractivity contribution in [2.24, 2.45) is 5.73 Å². The first-order valence-corrected chi connectivity index (χ1v) is 7.36. The normalized spacial score (nSPS) is 10.8. The van der Waals surface area contributed by atoms with Gasteiger partial charge in [0.1, 0.15) is 4.99 Å². The Morgan fingerprint density at radius 1 is 1.18 bits per heavy atom. The Morgan fingerprint density at radius 2 is 1.71 bits per heavy atom. The first-order valence-electron chi connectivity index (χ1n) is 5.59. The van der Waals surface area contributed by atoms with E-state index >= 15 is 0 Å². The molecule has 0 bridgehead atoms. The summed E-state index contributed by atoms with van der Waals surface area (Å²) in [5.41, 5.74) is 7.62. The molecule has 3 nitrogen and oxygen atoms in total. The van der Waals surface area contributed by atoms with Crippen LogP contribution in [0.15, 0.2) is 24.3 Å². The van der Waals surface area contributed by atoms with Crippen molar-refractivity contribution >= 4 is 25.6 Å². The van der Waals surface area contributed by atoms with Gasteiger partial charge in [0.15, 0.2) is 8.38 Å². The second-order valence-electron chi connectivity index (χ2n) is 3.39. The molecule has 0 aliphatic carbocycles. The van der Waals surface area contributed by atoms with Crippen LogP contribution in [0.5, 0.6) is 0 Å². The zero-order valence-electron chi connectivity index (χ0n) is 10.2. The van der Waals surface area contributed by atoms with Crippen molar-refractivity contribution in [1.82, 2.24) is 0 Å². The second-order valence-corrected chi connectivity index (χ2v) is 5.33. The molecule has 0 heterocycles. The third-order valence-electron chi connectivity index (χ3n) is 2.10. The van der Waals surface area contributed by atoms with Gasteiger partial charge in [0.05, 0.1) is 13.2 Å². The van der Waals surface area contributed by atoms with Crippen LogP contribution in [0.2, 0.25) is 0 Å². The van der Waals surface area contributed by atoms with Crippen LogP contribution in [-0.4, -0.2) is 18.2 Å². The van der Waals surface area contributed by atoms with Crippen molar-refractivity contribution in [3.63, 3.8) is 0 Å². The van der Waals surface area contributed by atoms with Gasteiger partial charge < -0.3 is 14.8 Å². The average molecular weight is 271 g/mol. The molecule has 2 N–H and O–H groups in total. The average Bonchev–Trinajstić information content (AvgIpc) is 2.30. The van der Waals surface area contributed by atoms with Gasteiger partial charge in [0, 0.05) is 11.7 Å². The molecule has 0 aromatic heterocycles. The van der Waals surface area contributed by atoms with Gasteiger partial charge in [0.25, 0.3) is 0 Å². The van der Waals surface area contributed by atoms with E-state index in [9.17, 15) is 0 Å². The second kappa shape index (κ2) is 7.72. The van der Waals surface area contributed by atoms with E-state index in [-0.39, 0.29) is 0 Å². The lowest BCUT2D eigenvalue weighted by Gasteiger charge is -2.15. The van der Waals surface area contributed by atoms with Crippen molar-refractivity contribution < 1.29 is 9.05 Å². The molecular weight excluding hydrogens is 253 g/mol. The molecule has 0 amide bonds. The van der Waals surface area contributed by atoms with Crippen LogP contribution < -0.4 is 5.73 Å². The fourth-order valence-corrected chi connectivity index (χ4v) is 2.82. The Bertz CT molecular complexity index is 350. The van der Waals surface area contributed by atoms with Crippen LogP contribution in [0.25, 0.3) is 0 Å². The molecule has 0 unspecified atom stereocenters. The highest BCUT2D eigenvalue weighted by molar-refractivity contribution is 7.80. The summed E-state index contributed by atoms with van der Waals surface area (Å²) in [5.74, 6) is 0. The lowest BCUT2D eigenvalue weighted by molar-refractivity contribution is 0.268. The number of nitrogens with two attached hydrogens (primary N) is 1. The molecule has 0 radical (unpaired) electrons. The molecule has 0 aliphatic heterocycles. The summed E-state index contributed by atoms with van der Waals surface area (Å²) < 4.78 is 11.1. The molecular formula is C12H18NO2PS. The molecule has 17 heavy (non-hydrogen) atoms. The van der Waals surface area contributed by atoms with Crippen molar-refractivity contribution in [3.8, 4) is 0 Å². The van der Waals surface area contributed by atoms with Crippen molar-refractivity contribution in [2.75, 3.05) is 13.2 Å². The summed E-state index contributed by atoms with van der Waals surface area (Å²) in [7, 11) is -0.826. The zero-order valence-corrected chi connectivity index (χ0v) is 11.9. The van der Waals surface area contributed by atoms with Gasteiger partial charge in [-0.2, -0.15) is 0 Å². The van der Waals surface area contributed by atoms with Crippen LogP contribution in [0.4, 0.5) is 0 Å². The summed E-state index contributed by atoms with van der Waals surface area (Å²) in [6.07, 6.45) is 0.800. The summed E-state index contributed by atoms with van der Waals surface area (Å²) in [6, 6.07) is 7.90. The van der Waals surface area contributed by atoms with Crippen LogP contribution in [0.1, 0.15) is 25.0 Å². The topological polar surface area (TPSA) is 44.5 Å². The summed E-state index contributed by atoms with van der Waals surface area (Å²) in [4.78, 5) is 0.424. The van der Waals surface area contributed by atoms with E-state index in [0.29, 0.717) is 18.2 Å². The quantitative estimate of drug-likeness (QED) is 0.611. The Kier molecular flexibility index (Phi) is 6.60. The van der Waals surface area contributed by atoms with Gasteiger partial charge in [-0.25, -0.2) is 0 Å². The smallest absolute Gasteiger partial charge is 0.175 e. The molecule has 5 heteroatoms. The van der Waals surface area contributed by atoms with Crippen LogP contribution in [-0.2, 0) is 15.2 Å². The van der Waals surface area contributed by atoms with Gasteiger partial charge in [-0.15, -0.1) is 0 Å². The number of benzene rings is 1. The number of rotatable bonds is 7. The van der Waals surface area contributed by atoms with Gasteiger partial charge in [-0.1, -0.05) is 36.5 Å². The predicted molar refractivity (Wildman–Crippen MR) is 76.2 cm³/mol. The largest absolute Gasteiger partial charge is 0.389 e. The highest BCUT2D eigenvalue weighted by Crippen LogP contribution is 2.41. The maximum Gasteiger partial charge on any atom is 0.175 e. The van der Waals surface area contributed by atoms with Gasteiger partial charge in [-0.3, -0.25) is 0 Å². The highest BCUT2D eigenvalue weighted by Gasteiger charge is 2.10. The zero-order chi connectivity index (χ0) is 12.7. The Hall–Kier alpha value is -0.540. The third-order valence-corrected chi connectivity index (χ3v) is 4.05. The fourth-order valence-electron chi connectivity index (χ4n) is 1.34. The number of hydrogen-bond acceptors (Lipinski definition) is 3. The minimum atomic E-state index is -0.826. The highest BCUT2D eigenvalue weighted by atomic mass is 32.1. The Morgan fingerprint density at radius 3 is 2.12 bits per heavy atom. The number of thiocarbonyl (C=S) groups is 1. The lowest BCUT2D eigenvalue weighted by Crippen LogP contribution is -2.08. The molecule has 1 rings (SSSR count). The molecule has 0 atom stereocenters. The first-order chi connectivity index (χ1) is 8.17. The molecule has 0 saturated heterocycles. The third kappa shape index (κ3) is 5.09. The summed E-state index contributed by atoms with van der Waals surface area (Å²) in [6.45, 7) is 5.31. The monoisotopic (exact) mass is 271 g/mol. The van der Waals surface area contributed by atoms with Crippen molar-refractivity contribution in [2.45, 2.75) is 20.0 Å². The molecule has 0 fully saturated rings. The first kappa shape index (κ1) is 14.5.